The minimum atomic E-state index is -3.16. The second kappa shape index (κ2) is 9.33. The van der Waals surface area contributed by atoms with Gasteiger partial charge in [0.15, 0.2) is 0 Å². The quantitative estimate of drug-likeness (QED) is 0.462. The van der Waals surface area contributed by atoms with Crippen molar-refractivity contribution in [1.29, 1.82) is 0 Å². The molecule has 23 heavy (non-hydrogen) atoms. The van der Waals surface area contributed by atoms with Crippen LogP contribution in [-0.4, -0.2) is 12.2 Å². The lowest BCUT2D eigenvalue weighted by Gasteiger charge is -2.22. The average molecular weight is 421 g/mol. The minimum absolute atomic E-state index is 0.136. The van der Waals surface area contributed by atoms with Crippen LogP contribution in [0.1, 0.15) is 46.4 Å². The fourth-order valence-electron chi connectivity index (χ4n) is 2.08. The lowest BCUT2D eigenvalue weighted by molar-refractivity contribution is 0.142. The third-order valence-electron chi connectivity index (χ3n) is 2.68. The third-order valence-corrected chi connectivity index (χ3v) is 7.42. The number of hydrogen-bond acceptors (Lipinski definition) is 4. The van der Waals surface area contributed by atoms with E-state index in [1.807, 2.05) is 53.7 Å². The van der Waals surface area contributed by atoms with Crippen LogP contribution in [-0.2, 0) is 19.8 Å². The van der Waals surface area contributed by atoms with Gasteiger partial charge in [-0.1, -0.05) is 32.0 Å². The summed E-state index contributed by atoms with van der Waals surface area (Å²) in [5, 5.41) is 1.14. The topological polar surface area (TPSA) is 35.5 Å². The summed E-state index contributed by atoms with van der Waals surface area (Å²) in [6, 6.07) is 8.12. The normalized spacial score (nSPS) is 11.9. The predicted octanol–water partition coefficient (Wildman–Crippen LogP) is 7.23. The highest BCUT2D eigenvalue weighted by molar-refractivity contribution is 9.10. The van der Waals surface area contributed by atoms with E-state index in [-0.39, 0.29) is 12.2 Å². The maximum Gasteiger partial charge on any atom is 0.336 e. The summed E-state index contributed by atoms with van der Waals surface area (Å²) >= 11 is 5.24. The zero-order chi connectivity index (χ0) is 17.6. The van der Waals surface area contributed by atoms with E-state index in [4.69, 9.17) is 9.05 Å². The molecule has 0 unspecified atom stereocenters. The number of hydrogen-bond donors (Lipinski definition) is 0. The van der Waals surface area contributed by atoms with Crippen LogP contribution in [0.2, 0.25) is 0 Å². The van der Waals surface area contributed by atoms with Gasteiger partial charge in [-0.05, 0) is 49.7 Å². The van der Waals surface area contributed by atoms with Crippen molar-refractivity contribution in [3.05, 3.63) is 33.6 Å². The molecule has 0 saturated heterocycles. The Morgan fingerprint density at radius 2 is 1.61 bits per heavy atom. The van der Waals surface area contributed by atoms with Crippen LogP contribution in [0.15, 0.2) is 28.7 Å². The molecular formula is C17H26BrO3PS. The van der Waals surface area contributed by atoms with Crippen LogP contribution >= 0.6 is 34.9 Å². The predicted molar refractivity (Wildman–Crippen MR) is 105 cm³/mol. The van der Waals surface area contributed by atoms with E-state index in [0.29, 0.717) is 6.16 Å². The average Bonchev–Trinajstić information content (AvgIpc) is 2.76. The summed E-state index contributed by atoms with van der Waals surface area (Å²) in [6.07, 6.45) is 0.0222. The van der Waals surface area contributed by atoms with Gasteiger partial charge in [0.25, 0.3) is 0 Å². The van der Waals surface area contributed by atoms with Crippen molar-refractivity contribution in [3.8, 4) is 0 Å². The molecular weight excluding hydrogens is 395 g/mol. The Labute approximate surface area is 152 Å². The lowest BCUT2D eigenvalue weighted by Crippen LogP contribution is -2.09. The first-order chi connectivity index (χ1) is 10.8. The second-order valence-corrected chi connectivity index (χ2v) is 9.30. The summed E-state index contributed by atoms with van der Waals surface area (Å²) in [5.41, 5.74) is 0. The Kier molecular flexibility index (Phi) is 8.46. The first kappa shape index (κ1) is 20.9. The molecule has 2 rings (SSSR count). The Hall–Kier alpha value is -0.190. The number of halogens is 1. The Morgan fingerprint density at radius 1 is 1.09 bits per heavy atom. The van der Waals surface area contributed by atoms with Gasteiger partial charge in [-0.15, -0.1) is 11.3 Å². The number of thiophene rings is 1. The molecule has 0 spiro atoms. The van der Waals surface area contributed by atoms with E-state index < -0.39 is 7.60 Å². The van der Waals surface area contributed by atoms with Gasteiger partial charge in [-0.25, -0.2) is 0 Å². The molecule has 1 heterocycles. The molecule has 0 amide bonds. The molecule has 0 N–H and O–H groups in total. The molecule has 6 heteroatoms. The highest BCUT2D eigenvalue weighted by atomic mass is 79.9. The first-order valence-corrected chi connectivity index (χ1v) is 11.3. The van der Waals surface area contributed by atoms with Gasteiger partial charge in [0.1, 0.15) is 0 Å². The fraction of sp³-hybridized carbons (Fsp3) is 0.529. The van der Waals surface area contributed by atoms with Crippen LogP contribution in [0.3, 0.4) is 0 Å². The molecule has 3 nitrogen and oxygen atoms in total. The highest BCUT2D eigenvalue weighted by Crippen LogP contribution is 2.56. The van der Waals surface area contributed by atoms with Crippen LogP contribution in [0.4, 0.5) is 0 Å². The zero-order valence-corrected chi connectivity index (χ0v) is 17.9. The smallest absolute Gasteiger partial charge is 0.306 e. The van der Waals surface area contributed by atoms with Gasteiger partial charge >= 0.3 is 7.60 Å². The van der Waals surface area contributed by atoms with E-state index in [9.17, 15) is 4.57 Å². The first-order valence-electron chi connectivity index (χ1n) is 7.92. The zero-order valence-electron chi connectivity index (χ0n) is 14.6. The van der Waals surface area contributed by atoms with Crippen molar-refractivity contribution in [2.24, 2.45) is 0 Å². The minimum Gasteiger partial charge on any atom is -0.306 e. The molecule has 1 aromatic carbocycles. The van der Waals surface area contributed by atoms with Crippen molar-refractivity contribution in [2.75, 3.05) is 0 Å². The Bertz CT molecular complexity index is 653. The summed E-state index contributed by atoms with van der Waals surface area (Å²) < 4.78 is 26.4. The molecule has 0 fully saturated rings. The third kappa shape index (κ3) is 5.99. The summed E-state index contributed by atoms with van der Waals surface area (Å²) in [7, 11) is -3.16. The molecule has 0 saturated carbocycles. The summed E-state index contributed by atoms with van der Waals surface area (Å²) in [5.74, 6) is 0. The van der Waals surface area contributed by atoms with Gasteiger partial charge < -0.3 is 9.05 Å². The second-order valence-electron chi connectivity index (χ2n) is 5.41. The number of benzene rings is 1. The van der Waals surface area contributed by atoms with Gasteiger partial charge in [-0.3, -0.25) is 4.57 Å². The van der Waals surface area contributed by atoms with E-state index in [1.54, 1.807) is 11.3 Å². The standard InChI is InChI=1S/C15H20BrO3PS.C2H6/c1-10(2)18-20(17,19-11(3)4)9-14-15(16)12-7-5-6-8-13(12)21-14;1-2/h5-8,10-11H,9H2,1-4H3;1-2H3. The summed E-state index contributed by atoms with van der Waals surface area (Å²) in [4.78, 5) is 1.00. The maximum absolute atomic E-state index is 13.0. The molecule has 0 bridgehead atoms. The maximum atomic E-state index is 13.0. The van der Waals surface area contributed by atoms with Crippen molar-refractivity contribution in [3.63, 3.8) is 0 Å². The van der Waals surface area contributed by atoms with Crippen LogP contribution < -0.4 is 0 Å². The van der Waals surface area contributed by atoms with Crippen molar-refractivity contribution < 1.29 is 13.6 Å². The van der Waals surface area contributed by atoms with E-state index >= 15 is 0 Å². The largest absolute Gasteiger partial charge is 0.336 e. The van der Waals surface area contributed by atoms with Crippen molar-refractivity contribution in [1.82, 2.24) is 0 Å². The van der Waals surface area contributed by atoms with Gasteiger partial charge in [0, 0.05) is 19.4 Å². The fourth-order valence-corrected chi connectivity index (χ4v) is 6.78. The van der Waals surface area contributed by atoms with Gasteiger partial charge in [0.2, 0.25) is 0 Å². The molecule has 0 aliphatic heterocycles. The SMILES string of the molecule is CC.CC(C)OP(=O)(Cc1sc2ccccc2c1Br)OC(C)C. The van der Waals surface area contributed by atoms with Crippen molar-refractivity contribution >= 4 is 44.9 Å². The van der Waals surface area contributed by atoms with Gasteiger partial charge in [-0.2, -0.15) is 0 Å². The molecule has 2 aromatic rings. The number of fused-ring (bicyclic) bond motifs is 1. The molecule has 0 aliphatic rings. The van der Waals surface area contributed by atoms with E-state index in [0.717, 1.165) is 14.7 Å². The van der Waals surface area contributed by atoms with Crippen LogP contribution in [0.5, 0.6) is 0 Å². The van der Waals surface area contributed by atoms with Gasteiger partial charge in [0.05, 0.1) is 18.4 Å². The van der Waals surface area contributed by atoms with E-state index in [2.05, 4.69) is 28.1 Å². The molecule has 0 atom stereocenters. The van der Waals surface area contributed by atoms with Crippen LogP contribution in [0.25, 0.3) is 10.1 Å². The Morgan fingerprint density at radius 3 is 2.09 bits per heavy atom. The summed E-state index contributed by atoms with van der Waals surface area (Å²) in [6.45, 7) is 11.5. The monoisotopic (exact) mass is 420 g/mol. The van der Waals surface area contributed by atoms with Crippen molar-refractivity contribution in [2.45, 2.75) is 59.9 Å². The molecule has 0 radical (unpaired) electrons. The Balaban J connectivity index is 0.00000127. The molecule has 1 aromatic heterocycles. The molecule has 0 aliphatic carbocycles. The van der Waals surface area contributed by atoms with Crippen LogP contribution in [0, 0.1) is 0 Å². The lowest BCUT2D eigenvalue weighted by atomic mass is 10.2. The van der Waals surface area contributed by atoms with E-state index in [1.165, 1.54) is 4.70 Å². The number of rotatable bonds is 6. The highest BCUT2D eigenvalue weighted by Gasteiger charge is 2.30. The molecule has 130 valence electrons.